The minimum atomic E-state index is -0.483. The molecule has 1 N–H and O–H groups in total. The Morgan fingerprint density at radius 3 is 2.53 bits per heavy atom. The zero-order chi connectivity index (χ0) is 21.5. The number of nitrogens with zero attached hydrogens (tertiary/aromatic N) is 3. The first kappa shape index (κ1) is 21.6. The molecule has 162 valence electrons. The highest BCUT2D eigenvalue weighted by Crippen LogP contribution is 2.25. The first-order valence-electron chi connectivity index (χ1n) is 10.2. The highest BCUT2D eigenvalue weighted by molar-refractivity contribution is 5.83. The van der Waals surface area contributed by atoms with E-state index in [0.29, 0.717) is 39.1 Å². The Kier molecular flexibility index (Phi) is 7.26. The molecule has 0 radical (unpaired) electrons. The number of ether oxygens (including phenoxy) is 1. The summed E-state index contributed by atoms with van der Waals surface area (Å²) < 4.78 is 4.87. The van der Waals surface area contributed by atoms with Crippen molar-refractivity contribution in [3.8, 4) is 0 Å². The molecule has 2 aliphatic heterocycles. The maximum Gasteiger partial charge on any atom is 0.410 e. The molecule has 1 aromatic carbocycles. The molecular weight excluding hydrogens is 388 g/mol. The highest BCUT2D eigenvalue weighted by Gasteiger charge is 2.29. The van der Waals surface area contributed by atoms with Crippen LogP contribution in [0.2, 0.25) is 0 Å². The van der Waals surface area contributed by atoms with Gasteiger partial charge in [0, 0.05) is 33.1 Å². The van der Waals surface area contributed by atoms with Crippen LogP contribution in [0, 0.1) is 0 Å². The Bertz CT molecular complexity index is 785. The van der Waals surface area contributed by atoms with Gasteiger partial charge < -0.3 is 19.9 Å². The van der Waals surface area contributed by atoms with Crippen molar-refractivity contribution >= 4 is 23.8 Å². The third kappa shape index (κ3) is 5.49. The van der Waals surface area contributed by atoms with E-state index >= 15 is 0 Å². The number of hydrogen-bond donors (Lipinski definition) is 1. The maximum absolute atomic E-state index is 12.7. The second-order valence-electron chi connectivity index (χ2n) is 7.46. The van der Waals surface area contributed by atoms with Crippen LogP contribution in [0.3, 0.4) is 0 Å². The largest absolute Gasteiger partial charge is 0.448 e. The average Bonchev–Trinajstić information content (AvgIpc) is 3.11. The summed E-state index contributed by atoms with van der Waals surface area (Å²) in [7, 11) is 0. The zero-order valence-corrected chi connectivity index (χ0v) is 17.2. The first-order valence-corrected chi connectivity index (χ1v) is 10.2. The highest BCUT2D eigenvalue weighted by atomic mass is 16.6. The molecule has 9 nitrogen and oxygen atoms in total. The fourth-order valence-corrected chi connectivity index (χ4v) is 3.82. The summed E-state index contributed by atoms with van der Waals surface area (Å²) in [5.74, 6) is -0.488. The lowest BCUT2D eigenvalue weighted by molar-refractivity contribution is -0.132. The number of benzene rings is 1. The van der Waals surface area contributed by atoms with E-state index < -0.39 is 6.09 Å². The summed E-state index contributed by atoms with van der Waals surface area (Å²) in [6.45, 7) is 3.66. The van der Waals surface area contributed by atoms with Gasteiger partial charge in [0.2, 0.25) is 17.7 Å². The van der Waals surface area contributed by atoms with Crippen LogP contribution in [0.5, 0.6) is 0 Å². The number of amides is 4. The maximum atomic E-state index is 12.7. The Hall–Kier alpha value is -3.10. The summed E-state index contributed by atoms with van der Waals surface area (Å²) in [6.07, 6.45) is 0.257. The van der Waals surface area contributed by atoms with Crippen LogP contribution >= 0.6 is 0 Å². The van der Waals surface area contributed by atoms with E-state index in [-0.39, 0.29) is 43.3 Å². The van der Waals surface area contributed by atoms with Crippen LogP contribution in [0.25, 0.3) is 0 Å². The number of carbonyl (C=O) groups is 4. The number of rotatable bonds is 3. The first-order chi connectivity index (χ1) is 14.5. The number of cyclic esters (lactones) is 1. The number of hydrogen-bond acceptors (Lipinski definition) is 5. The van der Waals surface area contributed by atoms with E-state index in [4.69, 9.17) is 4.74 Å². The Morgan fingerprint density at radius 2 is 1.87 bits per heavy atom. The summed E-state index contributed by atoms with van der Waals surface area (Å²) in [6, 6.07) is 9.15. The summed E-state index contributed by atoms with van der Waals surface area (Å²) in [5.41, 5.74) is 0.905. The van der Waals surface area contributed by atoms with Gasteiger partial charge in [-0.05, 0) is 12.0 Å². The fourth-order valence-electron chi connectivity index (χ4n) is 3.82. The van der Waals surface area contributed by atoms with Crippen LogP contribution in [0.1, 0.15) is 31.4 Å². The number of carbonyl (C=O) groups excluding carboxylic acids is 4. The third-order valence-electron chi connectivity index (χ3n) is 5.40. The van der Waals surface area contributed by atoms with Crippen molar-refractivity contribution in [1.82, 2.24) is 20.0 Å². The lowest BCUT2D eigenvalue weighted by Gasteiger charge is -2.31. The molecule has 2 aliphatic rings. The van der Waals surface area contributed by atoms with Gasteiger partial charge >= 0.3 is 6.09 Å². The van der Waals surface area contributed by atoms with Crippen molar-refractivity contribution in [1.29, 1.82) is 0 Å². The molecule has 2 saturated heterocycles. The molecule has 3 rings (SSSR count). The SMILES string of the molecule is CC(=O)N1CCCN(C(=O)CN2CCOC2=O)CCNC(=O)CC1c1ccccc1. The molecular formula is C21H28N4O5. The van der Waals surface area contributed by atoms with E-state index in [0.717, 1.165) is 5.56 Å². The van der Waals surface area contributed by atoms with Crippen molar-refractivity contribution in [2.75, 3.05) is 45.9 Å². The van der Waals surface area contributed by atoms with Gasteiger partial charge in [0.25, 0.3) is 0 Å². The van der Waals surface area contributed by atoms with Gasteiger partial charge in [-0.15, -0.1) is 0 Å². The summed E-state index contributed by atoms with van der Waals surface area (Å²) in [5, 5.41) is 2.85. The van der Waals surface area contributed by atoms with Crippen molar-refractivity contribution in [2.24, 2.45) is 0 Å². The standard InChI is InChI=1S/C21H28N4O5/c1-16(26)25-10-5-9-23(20(28)15-24-12-13-30-21(24)29)11-8-22-19(27)14-18(25)17-6-3-2-4-7-17/h2-4,6-7,18H,5,8-15H2,1H3,(H,22,27). The lowest BCUT2D eigenvalue weighted by atomic mass is 10.0. The van der Waals surface area contributed by atoms with Gasteiger partial charge in [-0.25, -0.2) is 4.79 Å². The fraction of sp³-hybridized carbons (Fsp3) is 0.524. The molecule has 1 aromatic rings. The Morgan fingerprint density at radius 1 is 1.10 bits per heavy atom. The van der Waals surface area contributed by atoms with E-state index in [9.17, 15) is 19.2 Å². The average molecular weight is 416 g/mol. The minimum absolute atomic E-state index is 0.0458. The summed E-state index contributed by atoms with van der Waals surface area (Å²) in [4.78, 5) is 54.0. The van der Waals surface area contributed by atoms with E-state index in [1.54, 1.807) is 9.80 Å². The molecule has 0 aliphatic carbocycles. The van der Waals surface area contributed by atoms with Gasteiger partial charge in [0.1, 0.15) is 13.2 Å². The Balaban J connectivity index is 1.72. The van der Waals surface area contributed by atoms with E-state index in [2.05, 4.69) is 5.32 Å². The smallest absolute Gasteiger partial charge is 0.410 e. The second-order valence-corrected chi connectivity index (χ2v) is 7.46. The van der Waals surface area contributed by atoms with Crippen LogP contribution in [0.15, 0.2) is 30.3 Å². The van der Waals surface area contributed by atoms with Crippen molar-refractivity contribution < 1.29 is 23.9 Å². The van der Waals surface area contributed by atoms with Gasteiger partial charge in [-0.1, -0.05) is 30.3 Å². The lowest BCUT2D eigenvalue weighted by Crippen LogP contribution is -2.44. The molecule has 2 heterocycles. The predicted molar refractivity (Wildman–Crippen MR) is 108 cm³/mol. The number of nitrogens with one attached hydrogen (secondary N) is 1. The quantitative estimate of drug-likeness (QED) is 0.785. The van der Waals surface area contributed by atoms with Crippen LogP contribution in [-0.4, -0.2) is 84.4 Å². The predicted octanol–water partition coefficient (Wildman–Crippen LogP) is 0.767. The van der Waals surface area contributed by atoms with Gasteiger partial charge in [-0.3, -0.25) is 19.3 Å². The van der Waals surface area contributed by atoms with Gasteiger partial charge in [0.05, 0.1) is 19.0 Å². The van der Waals surface area contributed by atoms with Gasteiger partial charge in [-0.2, -0.15) is 0 Å². The molecule has 9 heteroatoms. The van der Waals surface area contributed by atoms with Crippen LogP contribution in [-0.2, 0) is 19.1 Å². The molecule has 4 amide bonds. The van der Waals surface area contributed by atoms with Crippen molar-refractivity contribution in [2.45, 2.75) is 25.8 Å². The topological polar surface area (TPSA) is 99.3 Å². The third-order valence-corrected chi connectivity index (χ3v) is 5.40. The molecule has 1 unspecified atom stereocenters. The molecule has 0 saturated carbocycles. The van der Waals surface area contributed by atoms with Crippen molar-refractivity contribution in [3.05, 3.63) is 35.9 Å². The van der Waals surface area contributed by atoms with Gasteiger partial charge in [0.15, 0.2) is 0 Å². The second kappa shape index (κ2) is 10.1. The molecule has 0 spiro atoms. The normalized spacial score (nSPS) is 21.0. The van der Waals surface area contributed by atoms with Crippen LogP contribution < -0.4 is 5.32 Å². The molecule has 1 atom stereocenters. The minimum Gasteiger partial charge on any atom is -0.448 e. The van der Waals surface area contributed by atoms with E-state index in [1.165, 1.54) is 11.8 Å². The van der Waals surface area contributed by atoms with Crippen molar-refractivity contribution in [3.63, 3.8) is 0 Å². The molecule has 0 bridgehead atoms. The molecule has 30 heavy (non-hydrogen) atoms. The monoisotopic (exact) mass is 416 g/mol. The molecule has 2 fully saturated rings. The zero-order valence-electron chi connectivity index (χ0n) is 17.2. The van der Waals surface area contributed by atoms with Crippen LogP contribution in [0.4, 0.5) is 4.79 Å². The molecule has 0 aromatic heterocycles. The Labute approximate surface area is 175 Å². The van der Waals surface area contributed by atoms with E-state index in [1.807, 2.05) is 30.3 Å². The summed E-state index contributed by atoms with van der Waals surface area (Å²) >= 11 is 0.